The molecule has 1 fully saturated rings. The van der Waals surface area contributed by atoms with Crippen molar-refractivity contribution in [3.63, 3.8) is 0 Å². The largest absolute Gasteiger partial charge is 0.343 e. The summed E-state index contributed by atoms with van der Waals surface area (Å²) in [6.07, 6.45) is 6.32. The van der Waals surface area contributed by atoms with Crippen molar-refractivity contribution < 1.29 is 4.79 Å². The molecule has 1 heterocycles. The minimum Gasteiger partial charge on any atom is -0.343 e. The van der Waals surface area contributed by atoms with Gasteiger partial charge in [0.15, 0.2) is 0 Å². The van der Waals surface area contributed by atoms with E-state index in [1.54, 1.807) is 0 Å². The lowest BCUT2D eigenvalue weighted by Gasteiger charge is -2.34. The van der Waals surface area contributed by atoms with E-state index < -0.39 is 0 Å². The lowest BCUT2D eigenvalue weighted by atomic mass is 10.0. The quantitative estimate of drug-likeness (QED) is 0.673. The van der Waals surface area contributed by atoms with Crippen LogP contribution in [0.1, 0.15) is 59.3 Å². The van der Waals surface area contributed by atoms with Crippen LogP contribution in [0.3, 0.4) is 0 Å². The Morgan fingerprint density at radius 1 is 1.05 bits per heavy atom. The number of carbonyl (C=O) groups is 1. The van der Waals surface area contributed by atoms with E-state index in [1.807, 2.05) is 4.90 Å². The van der Waals surface area contributed by atoms with Crippen molar-refractivity contribution in [2.24, 2.45) is 0 Å². The standard InChI is InChI=1S/C17H35N3O/c1-4-13-20(14-5-2)17(21)8-7-15-19(6-3)16-9-11-18-12-10-16/h16,18H,4-15H2,1-3H3. The average molecular weight is 297 g/mol. The highest BCUT2D eigenvalue weighted by molar-refractivity contribution is 5.76. The Morgan fingerprint density at radius 3 is 2.19 bits per heavy atom. The van der Waals surface area contributed by atoms with Gasteiger partial charge in [-0.2, -0.15) is 0 Å². The summed E-state index contributed by atoms with van der Waals surface area (Å²) in [6, 6.07) is 0.716. The highest BCUT2D eigenvalue weighted by Gasteiger charge is 2.19. The molecular weight excluding hydrogens is 262 g/mol. The third-order valence-electron chi connectivity index (χ3n) is 4.41. The molecule has 124 valence electrons. The molecule has 0 aliphatic carbocycles. The molecular formula is C17H35N3O. The van der Waals surface area contributed by atoms with Crippen molar-refractivity contribution in [2.45, 2.75) is 65.3 Å². The number of rotatable bonds is 10. The van der Waals surface area contributed by atoms with Gasteiger partial charge in [0, 0.05) is 25.6 Å². The van der Waals surface area contributed by atoms with Gasteiger partial charge < -0.3 is 15.1 Å². The van der Waals surface area contributed by atoms with Crippen LogP contribution in [0, 0.1) is 0 Å². The van der Waals surface area contributed by atoms with Crippen LogP contribution in [0.15, 0.2) is 0 Å². The average Bonchev–Trinajstić information content (AvgIpc) is 2.52. The van der Waals surface area contributed by atoms with Crippen molar-refractivity contribution in [3.8, 4) is 0 Å². The molecule has 1 saturated heterocycles. The highest BCUT2D eigenvalue weighted by atomic mass is 16.2. The van der Waals surface area contributed by atoms with Gasteiger partial charge in [-0.15, -0.1) is 0 Å². The lowest BCUT2D eigenvalue weighted by molar-refractivity contribution is -0.131. The highest BCUT2D eigenvalue weighted by Crippen LogP contribution is 2.13. The summed E-state index contributed by atoms with van der Waals surface area (Å²) in [5.41, 5.74) is 0. The number of carbonyl (C=O) groups excluding carboxylic acids is 1. The van der Waals surface area contributed by atoms with Gasteiger partial charge in [0.25, 0.3) is 0 Å². The lowest BCUT2D eigenvalue weighted by Crippen LogP contribution is -2.43. The van der Waals surface area contributed by atoms with E-state index in [2.05, 4.69) is 31.0 Å². The molecule has 0 aromatic heterocycles. The Labute approximate surface area is 131 Å². The van der Waals surface area contributed by atoms with Gasteiger partial charge in [0.05, 0.1) is 0 Å². The molecule has 1 aliphatic heterocycles. The Morgan fingerprint density at radius 2 is 1.67 bits per heavy atom. The Bertz CT molecular complexity index is 271. The van der Waals surface area contributed by atoms with Crippen LogP contribution in [0.2, 0.25) is 0 Å². The monoisotopic (exact) mass is 297 g/mol. The summed E-state index contributed by atoms with van der Waals surface area (Å²) in [5.74, 6) is 0.347. The third kappa shape index (κ3) is 6.79. The minimum atomic E-state index is 0.347. The van der Waals surface area contributed by atoms with Crippen LogP contribution in [-0.2, 0) is 4.79 Å². The summed E-state index contributed by atoms with van der Waals surface area (Å²) in [4.78, 5) is 16.9. The first-order valence-corrected chi connectivity index (χ1v) is 8.95. The van der Waals surface area contributed by atoms with Gasteiger partial charge in [0.1, 0.15) is 0 Å². The zero-order valence-electron chi connectivity index (χ0n) is 14.4. The SMILES string of the molecule is CCCN(CCC)C(=O)CCCN(CC)C1CCNCC1. The molecule has 4 heteroatoms. The molecule has 0 unspecified atom stereocenters. The Kier molecular flexibility index (Phi) is 9.68. The normalized spacial score (nSPS) is 16.4. The van der Waals surface area contributed by atoms with Crippen molar-refractivity contribution in [1.82, 2.24) is 15.1 Å². The second-order valence-corrected chi connectivity index (χ2v) is 6.09. The van der Waals surface area contributed by atoms with E-state index in [1.165, 1.54) is 12.8 Å². The van der Waals surface area contributed by atoms with Crippen molar-refractivity contribution in [1.29, 1.82) is 0 Å². The predicted octanol–water partition coefficient (Wildman–Crippen LogP) is 2.49. The fourth-order valence-corrected chi connectivity index (χ4v) is 3.26. The number of piperidine rings is 1. The van der Waals surface area contributed by atoms with Crippen LogP contribution in [0.5, 0.6) is 0 Å². The maximum atomic E-state index is 12.3. The van der Waals surface area contributed by atoms with E-state index in [0.717, 1.165) is 58.5 Å². The van der Waals surface area contributed by atoms with Crippen molar-refractivity contribution in [3.05, 3.63) is 0 Å². The van der Waals surface area contributed by atoms with E-state index in [-0.39, 0.29) is 0 Å². The van der Waals surface area contributed by atoms with Gasteiger partial charge in [-0.1, -0.05) is 20.8 Å². The van der Waals surface area contributed by atoms with Gasteiger partial charge in [-0.25, -0.2) is 0 Å². The molecule has 0 saturated carbocycles. The minimum absolute atomic E-state index is 0.347. The molecule has 1 amide bonds. The molecule has 0 bridgehead atoms. The first-order valence-electron chi connectivity index (χ1n) is 8.95. The van der Waals surface area contributed by atoms with Gasteiger partial charge in [-0.05, 0) is 58.3 Å². The zero-order chi connectivity index (χ0) is 15.5. The van der Waals surface area contributed by atoms with Crippen molar-refractivity contribution in [2.75, 3.05) is 39.3 Å². The molecule has 0 atom stereocenters. The van der Waals surface area contributed by atoms with Gasteiger partial charge in [-0.3, -0.25) is 4.79 Å². The fourth-order valence-electron chi connectivity index (χ4n) is 3.26. The number of hydrogen-bond acceptors (Lipinski definition) is 3. The van der Waals surface area contributed by atoms with E-state index in [4.69, 9.17) is 0 Å². The topological polar surface area (TPSA) is 35.6 Å². The van der Waals surface area contributed by atoms with E-state index in [9.17, 15) is 4.79 Å². The summed E-state index contributed by atoms with van der Waals surface area (Å²) in [5, 5.41) is 3.42. The number of nitrogens with zero attached hydrogens (tertiary/aromatic N) is 2. The fraction of sp³-hybridized carbons (Fsp3) is 0.941. The Balaban J connectivity index is 2.30. The van der Waals surface area contributed by atoms with Crippen LogP contribution in [0.25, 0.3) is 0 Å². The number of hydrogen-bond donors (Lipinski definition) is 1. The third-order valence-corrected chi connectivity index (χ3v) is 4.41. The molecule has 1 N–H and O–H groups in total. The summed E-state index contributed by atoms with van der Waals surface area (Å²) < 4.78 is 0. The second-order valence-electron chi connectivity index (χ2n) is 6.09. The maximum absolute atomic E-state index is 12.3. The maximum Gasteiger partial charge on any atom is 0.222 e. The van der Waals surface area contributed by atoms with Crippen LogP contribution in [-0.4, -0.2) is 61.0 Å². The van der Waals surface area contributed by atoms with Crippen LogP contribution in [0.4, 0.5) is 0 Å². The molecule has 0 aromatic carbocycles. The first kappa shape index (κ1) is 18.4. The molecule has 0 spiro atoms. The van der Waals surface area contributed by atoms with Crippen LogP contribution < -0.4 is 5.32 Å². The number of nitrogens with one attached hydrogen (secondary N) is 1. The molecule has 0 aromatic rings. The summed E-state index contributed by atoms with van der Waals surface area (Å²) in [7, 11) is 0. The first-order chi connectivity index (χ1) is 10.2. The Hall–Kier alpha value is -0.610. The van der Waals surface area contributed by atoms with E-state index >= 15 is 0 Å². The van der Waals surface area contributed by atoms with E-state index in [0.29, 0.717) is 18.4 Å². The molecule has 1 rings (SSSR count). The van der Waals surface area contributed by atoms with Gasteiger partial charge in [0.2, 0.25) is 5.91 Å². The second kappa shape index (κ2) is 11.0. The molecule has 4 nitrogen and oxygen atoms in total. The van der Waals surface area contributed by atoms with Gasteiger partial charge >= 0.3 is 0 Å². The van der Waals surface area contributed by atoms with Crippen LogP contribution >= 0.6 is 0 Å². The number of amides is 1. The summed E-state index contributed by atoms with van der Waals surface area (Å²) >= 11 is 0. The smallest absolute Gasteiger partial charge is 0.222 e. The van der Waals surface area contributed by atoms with Crippen molar-refractivity contribution >= 4 is 5.91 Å². The summed E-state index contributed by atoms with van der Waals surface area (Å²) in [6.45, 7) is 12.8. The molecule has 0 radical (unpaired) electrons. The molecule has 1 aliphatic rings. The zero-order valence-corrected chi connectivity index (χ0v) is 14.4. The predicted molar refractivity (Wildman–Crippen MR) is 89.5 cm³/mol. The molecule has 21 heavy (non-hydrogen) atoms.